The van der Waals surface area contributed by atoms with Crippen LogP contribution in [0.2, 0.25) is 4.34 Å². The smallest absolute Gasteiger partial charge is 0.127 e. The highest BCUT2D eigenvalue weighted by Gasteiger charge is 2.13. The van der Waals surface area contributed by atoms with E-state index in [1.807, 2.05) is 66.7 Å². The Hall–Kier alpha value is -1.48. The molecular formula is C17H12Cl2OS. The maximum atomic E-state index is 6.47. The Kier molecular flexibility index (Phi) is 4.49. The molecule has 1 heterocycles. The molecule has 4 heteroatoms. The first kappa shape index (κ1) is 14.5. The molecule has 3 aromatic rings. The van der Waals surface area contributed by atoms with E-state index in [-0.39, 0.29) is 5.38 Å². The van der Waals surface area contributed by atoms with Gasteiger partial charge in [-0.2, -0.15) is 0 Å². The highest BCUT2D eigenvalue weighted by atomic mass is 35.5. The van der Waals surface area contributed by atoms with Gasteiger partial charge in [0.1, 0.15) is 11.5 Å². The highest BCUT2D eigenvalue weighted by Crippen LogP contribution is 2.36. The van der Waals surface area contributed by atoms with Gasteiger partial charge in [0.2, 0.25) is 0 Å². The topological polar surface area (TPSA) is 9.23 Å². The van der Waals surface area contributed by atoms with Crippen molar-refractivity contribution >= 4 is 34.5 Å². The van der Waals surface area contributed by atoms with Crippen molar-refractivity contribution < 1.29 is 4.74 Å². The number of thiophene rings is 1. The average molecular weight is 335 g/mol. The molecule has 0 bridgehead atoms. The van der Waals surface area contributed by atoms with Crippen molar-refractivity contribution in [1.29, 1.82) is 0 Å². The zero-order chi connectivity index (χ0) is 14.7. The summed E-state index contributed by atoms with van der Waals surface area (Å²) in [5.74, 6) is 1.61. The monoisotopic (exact) mass is 334 g/mol. The van der Waals surface area contributed by atoms with Gasteiger partial charge in [0.05, 0.1) is 9.71 Å². The molecule has 0 aliphatic heterocycles. The molecule has 0 spiro atoms. The van der Waals surface area contributed by atoms with Crippen LogP contribution >= 0.6 is 34.5 Å². The van der Waals surface area contributed by atoms with Crippen molar-refractivity contribution in [2.45, 2.75) is 5.38 Å². The maximum Gasteiger partial charge on any atom is 0.127 e. The van der Waals surface area contributed by atoms with Gasteiger partial charge in [0, 0.05) is 4.88 Å². The lowest BCUT2D eigenvalue weighted by molar-refractivity contribution is 0.482. The summed E-state index contributed by atoms with van der Waals surface area (Å²) in [6.07, 6.45) is 0. The van der Waals surface area contributed by atoms with Gasteiger partial charge in [-0.3, -0.25) is 0 Å². The van der Waals surface area contributed by atoms with Crippen LogP contribution in [0.4, 0.5) is 0 Å². The molecule has 0 fully saturated rings. The lowest BCUT2D eigenvalue weighted by Gasteiger charge is -2.10. The molecule has 0 amide bonds. The molecule has 0 N–H and O–H groups in total. The molecule has 1 unspecified atom stereocenters. The van der Waals surface area contributed by atoms with E-state index in [1.165, 1.54) is 11.3 Å². The maximum absolute atomic E-state index is 6.47. The minimum absolute atomic E-state index is 0.187. The lowest BCUT2D eigenvalue weighted by Crippen LogP contribution is -1.90. The van der Waals surface area contributed by atoms with Crippen LogP contribution in [-0.2, 0) is 0 Å². The van der Waals surface area contributed by atoms with Crippen LogP contribution in [0, 0.1) is 0 Å². The van der Waals surface area contributed by atoms with Crippen LogP contribution < -0.4 is 4.74 Å². The minimum atomic E-state index is -0.187. The van der Waals surface area contributed by atoms with Gasteiger partial charge in [0.15, 0.2) is 0 Å². The predicted molar refractivity (Wildman–Crippen MR) is 90.0 cm³/mol. The molecule has 0 saturated heterocycles. The number of ether oxygens (including phenoxy) is 1. The van der Waals surface area contributed by atoms with Crippen LogP contribution in [0.5, 0.6) is 11.5 Å². The fourth-order valence-electron chi connectivity index (χ4n) is 1.96. The zero-order valence-corrected chi connectivity index (χ0v) is 13.3. The van der Waals surface area contributed by atoms with E-state index in [9.17, 15) is 0 Å². The molecule has 0 aliphatic carbocycles. The Morgan fingerprint density at radius 3 is 2.10 bits per heavy atom. The summed E-state index contributed by atoms with van der Waals surface area (Å²) in [6.45, 7) is 0. The van der Waals surface area contributed by atoms with Gasteiger partial charge in [-0.15, -0.1) is 22.9 Å². The molecule has 21 heavy (non-hydrogen) atoms. The van der Waals surface area contributed by atoms with E-state index in [0.29, 0.717) is 0 Å². The fourth-order valence-corrected chi connectivity index (χ4v) is 3.38. The quantitative estimate of drug-likeness (QED) is 0.493. The second-order valence-electron chi connectivity index (χ2n) is 4.49. The number of rotatable bonds is 4. The third-order valence-corrected chi connectivity index (χ3v) is 4.91. The molecule has 0 aliphatic rings. The van der Waals surface area contributed by atoms with Crippen LogP contribution in [0.15, 0.2) is 66.7 Å². The summed E-state index contributed by atoms with van der Waals surface area (Å²) in [7, 11) is 0. The van der Waals surface area contributed by atoms with Crippen molar-refractivity contribution in [3.05, 3.63) is 81.5 Å². The number of para-hydroxylation sites is 1. The van der Waals surface area contributed by atoms with Gasteiger partial charge in [-0.1, -0.05) is 41.9 Å². The summed E-state index contributed by atoms with van der Waals surface area (Å²) in [4.78, 5) is 1.04. The Balaban J connectivity index is 1.75. The molecule has 1 aromatic heterocycles. The highest BCUT2D eigenvalue weighted by molar-refractivity contribution is 7.16. The summed E-state index contributed by atoms with van der Waals surface area (Å²) < 4.78 is 6.51. The minimum Gasteiger partial charge on any atom is -0.457 e. The van der Waals surface area contributed by atoms with Crippen molar-refractivity contribution in [3.63, 3.8) is 0 Å². The third-order valence-electron chi connectivity index (χ3n) is 3.00. The van der Waals surface area contributed by atoms with Crippen LogP contribution in [-0.4, -0.2) is 0 Å². The first-order valence-electron chi connectivity index (χ1n) is 6.44. The van der Waals surface area contributed by atoms with Gasteiger partial charge in [-0.05, 0) is 42.0 Å². The summed E-state index contributed by atoms with van der Waals surface area (Å²) in [6, 6.07) is 21.3. The van der Waals surface area contributed by atoms with Gasteiger partial charge in [0.25, 0.3) is 0 Å². The van der Waals surface area contributed by atoms with Crippen molar-refractivity contribution in [2.24, 2.45) is 0 Å². The Labute approximate surface area is 137 Å². The predicted octanol–water partition coefficient (Wildman–Crippen LogP) is 6.52. The molecule has 106 valence electrons. The van der Waals surface area contributed by atoms with E-state index >= 15 is 0 Å². The first-order chi connectivity index (χ1) is 10.2. The largest absolute Gasteiger partial charge is 0.457 e. The molecule has 2 aromatic carbocycles. The second kappa shape index (κ2) is 6.52. The molecule has 3 rings (SSSR count). The third kappa shape index (κ3) is 3.59. The SMILES string of the molecule is Clc1ccc(C(Cl)c2ccc(Oc3ccccc3)cc2)s1. The van der Waals surface area contributed by atoms with E-state index in [0.717, 1.165) is 26.3 Å². The standard InChI is InChI=1S/C17H12Cl2OS/c18-16-11-10-15(21-16)17(19)12-6-8-14(9-7-12)20-13-4-2-1-3-5-13/h1-11,17H. The van der Waals surface area contributed by atoms with Crippen LogP contribution in [0.1, 0.15) is 15.8 Å². The van der Waals surface area contributed by atoms with E-state index < -0.39 is 0 Å². The van der Waals surface area contributed by atoms with Gasteiger partial charge >= 0.3 is 0 Å². The molecule has 1 atom stereocenters. The van der Waals surface area contributed by atoms with E-state index in [1.54, 1.807) is 0 Å². The summed E-state index contributed by atoms with van der Waals surface area (Å²) in [5, 5.41) is -0.187. The van der Waals surface area contributed by atoms with Crippen LogP contribution in [0.3, 0.4) is 0 Å². The number of alkyl halides is 1. The van der Waals surface area contributed by atoms with E-state index in [2.05, 4.69) is 0 Å². The summed E-state index contributed by atoms with van der Waals surface area (Å²) in [5.41, 5.74) is 1.02. The Morgan fingerprint density at radius 2 is 1.48 bits per heavy atom. The van der Waals surface area contributed by atoms with Crippen molar-refractivity contribution in [2.75, 3.05) is 0 Å². The molecule has 0 radical (unpaired) electrons. The number of halogens is 2. The molecule has 1 nitrogen and oxygen atoms in total. The molecular weight excluding hydrogens is 323 g/mol. The van der Waals surface area contributed by atoms with Gasteiger partial charge < -0.3 is 4.74 Å². The number of hydrogen-bond donors (Lipinski definition) is 0. The Morgan fingerprint density at radius 1 is 0.810 bits per heavy atom. The van der Waals surface area contributed by atoms with Crippen LogP contribution in [0.25, 0.3) is 0 Å². The normalized spacial score (nSPS) is 12.1. The average Bonchev–Trinajstić information content (AvgIpc) is 2.95. The summed E-state index contributed by atoms with van der Waals surface area (Å²) >= 11 is 13.9. The van der Waals surface area contributed by atoms with Crippen molar-refractivity contribution in [3.8, 4) is 11.5 Å². The van der Waals surface area contributed by atoms with Gasteiger partial charge in [-0.25, -0.2) is 0 Å². The number of benzene rings is 2. The lowest BCUT2D eigenvalue weighted by atomic mass is 10.1. The zero-order valence-electron chi connectivity index (χ0n) is 11.0. The second-order valence-corrected chi connectivity index (χ2v) is 6.67. The Bertz CT molecular complexity index is 707. The van der Waals surface area contributed by atoms with Crippen molar-refractivity contribution in [1.82, 2.24) is 0 Å². The number of hydrogen-bond acceptors (Lipinski definition) is 2. The van der Waals surface area contributed by atoms with E-state index in [4.69, 9.17) is 27.9 Å². The molecule has 0 saturated carbocycles. The first-order valence-corrected chi connectivity index (χ1v) is 8.07. The fraction of sp³-hybridized carbons (Fsp3) is 0.0588.